The molecule has 2 N–H and O–H groups in total. The maximum Gasteiger partial charge on any atom is 0.416 e. The predicted octanol–water partition coefficient (Wildman–Crippen LogP) is 7.43. The summed E-state index contributed by atoms with van der Waals surface area (Å²) in [6.45, 7) is 2.87. The van der Waals surface area contributed by atoms with E-state index in [4.69, 9.17) is 10.1 Å². The number of aliphatic hydroxyl groups excluding tert-OH is 1. The van der Waals surface area contributed by atoms with E-state index in [1.54, 1.807) is 30.3 Å². The van der Waals surface area contributed by atoms with Gasteiger partial charge in [0.2, 0.25) is 0 Å². The molecule has 0 fully saturated rings. The van der Waals surface area contributed by atoms with Crippen molar-refractivity contribution in [2.75, 3.05) is 26.2 Å². The van der Waals surface area contributed by atoms with Crippen molar-refractivity contribution in [3.8, 4) is 0 Å². The minimum absolute atomic E-state index is 0.0433. The summed E-state index contributed by atoms with van der Waals surface area (Å²) < 4.78 is 94.3. The van der Waals surface area contributed by atoms with E-state index < -0.39 is 29.3 Å². The fourth-order valence-electron chi connectivity index (χ4n) is 5.21. The molecule has 0 spiro atoms. The van der Waals surface area contributed by atoms with Crippen LogP contribution >= 0.6 is 0 Å². The smallest absolute Gasteiger partial charge is 0.396 e. The summed E-state index contributed by atoms with van der Waals surface area (Å²) in [5, 5.41) is 12.3. The molecule has 0 unspecified atom stereocenters. The van der Waals surface area contributed by atoms with Gasteiger partial charge in [0.25, 0.3) is 0 Å². The third kappa shape index (κ3) is 12.0. The summed E-state index contributed by atoms with van der Waals surface area (Å²) in [4.78, 5) is 8.64. The Morgan fingerprint density at radius 3 is 1.62 bits per heavy atom. The zero-order valence-electron chi connectivity index (χ0n) is 25.7. The van der Waals surface area contributed by atoms with Crippen molar-refractivity contribution in [3.63, 3.8) is 0 Å². The van der Waals surface area contributed by atoms with E-state index in [-0.39, 0.29) is 32.8 Å². The number of pyridine rings is 1. The minimum Gasteiger partial charge on any atom is -0.396 e. The van der Waals surface area contributed by atoms with Gasteiger partial charge in [-0.05, 0) is 66.1 Å². The van der Waals surface area contributed by atoms with Crippen LogP contribution in [0, 0.1) is 5.82 Å². The predicted molar refractivity (Wildman–Crippen MR) is 165 cm³/mol. The second-order valence-electron chi connectivity index (χ2n) is 11.3. The summed E-state index contributed by atoms with van der Waals surface area (Å²) in [5.74, 6) is -0.423. The Morgan fingerprint density at radius 1 is 0.596 bits per heavy atom. The highest BCUT2D eigenvalue weighted by Gasteiger charge is 2.31. The molecule has 3 aromatic carbocycles. The molecular weight excluding hydrogens is 625 g/mol. The highest BCUT2D eigenvalue weighted by atomic mass is 19.4. The Kier molecular flexibility index (Phi) is 12.9. The molecule has 0 saturated carbocycles. The largest absolute Gasteiger partial charge is 0.416 e. The number of aliphatic hydroxyl groups is 1. The number of benzene rings is 3. The molecule has 5 nitrogen and oxygen atoms in total. The molecular formula is C35H37F7N4O. The van der Waals surface area contributed by atoms with Crippen LogP contribution in [0.4, 0.5) is 30.7 Å². The van der Waals surface area contributed by atoms with E-state index in [0.717, 1.165) is 24.3 Å². The van der Waals surface area contributed by atoms with Crippen molar-refractivity contribution < 1.29 is 35.8 Å². The molecule has 0 bridgehead atoms. The number of aromatic nitrogens is 1. The first-order valence-electron chi connectivity index (χ1n) is 15.2. The summed E-state index contributed by atoms with van der Waals surface area (Å²) in [6, 6.07) is 21.7. The van der Waals surface area contributed by atoms with Crippen molar-refractivity contribution in [1.29, 1.82) is 0 Å². The first-order valence-corrected chi connectivity index (χ1v) is 15.2. The lowest BCUT2D eigenvalue weighted by molar-refractivity contribution is -0.138. The average molecular weight is 663 g/mol. The molecule has 4 rings (SSSR count). The second kappa shape index (κ2) is 16.8. The van der Waals surface area contributed by atoms with Crippen molar-refractivity contribution in [2.45, 2.75) is 51.5 Å². The molecule has 4 aromatic rings. The van der Waals surface area contributed by atoms with Gasteiger partial charge in [-0.25, -0.2) is 4.39 Å². The Labute approximate surface area is 269 Å². The number of alkyl halides is 6. The molecule has 0 aliphatic rings. The molecule has 0 amide bonds. The van der Waals surface area contributed by atoms with Crippen molar-refractivity contribution in [3.05, 3.63) is 136 Å². The van der Waals surface area contributed by atoms with Crippen LogP contribution in [0.3, 0.4) is 0 Å². The van der Waals surface area contributed by atoms with E-state index in [2.05, 4.69) is 5.32 Å². The lowest BCUT2D eigenvalue weighted by Gasteiger charge is -2.25. The summed E-state index contributed by atoms with van der Waals surface area (Å²) in [6.07, 6.45) is -8.38. The first kappa shape index (κ1) is 36.0. The van der Waals surface area contributed by atoms with Crippen LogP contribution in [0.15, 0.2) is 91.0 Å². The average Bonchev–Trinajstić information content (AvgIpc) is 3.00. The van der Waals surface area contributed by atoms with Gasteiger partial charge < -0.3 is 10.4 Å². The minimum atomic E-state index is -4.49. The zero-order valence-corrected chi connectivity index (χ0v) is 25.7. The van der Waals surface area contributed by atoms with Gasteiger partial charge in [0.15, 0.2) is 0 Å². The fraction of sp³-hybridized carbons (Fsp3) is 0.343. The van der Waals surface area contributed by atoms with Gasteiger partial charge in [0.1, 0.15) is 5.82 Å². The van der Waals surface area contributed by atoms with Crippen molar-refractivity contribution >= 4 is 0 Å². The van der Waals surface area contributed by atoms with Crippen molar-refractivity contribution in [1.82, 2.24) is 20.1 Å². The monoisotopic (exact) mass is 662 g/mol. The maximum absolute atomic E-state index is 14.0. The molecule has 0 atom stereocenters. The number of halogens is 7. The van der Waals surface area contributed by atoms with Gasteiger partial charge in [-0.2, -0.15) is 26.3 Å². The molecule has 1 heterocycles. The number of rotatable bonds is 16. The number of nitrogens with one attached hydrogen (secondary N) is 1. The quantitative estimate of drug-likeness (QED) is 0.0966. The number of nitrogens with zero attached hydrogens (tertiary/aromatic N) is 3. The van der Waals surface area contributed by atoms with Crippen LogP contribution in [-0.4, -0.2) is 46.1 Å². The molecule has 0 saturated heterocycles. The van der Waals surface area contributed by atoms with Gasteiger partial charge >= 0.3 is 12.4 Å². The second-order valence-corrected chi connectivity index (χ2v) is 11.3. The van der Waals surface area contributed by atoms with E-state index >= 15 is 0 Å². The molecule has 0 radical (unpaired) electrons. The molecule has 0 aliphatic heterocycles. The van der Waals surface area contributed by atoms with Gasteiger partial charge in [-0.15, -0.1) is 0 Å². The van der Waals surface area contributed by atoms with E-state index in [0.29, 0.717) is 60.7 Å². The van der Waals surface area contributed by atoms with Crippen LogP contribution in [0.25, 0.3) is 0 Å². The zero-order chi connectivity index (χ0) is 33.9. The molecule has 0 aliphatic carbocycles. The van der Waals surface area contributed by atoms with Gasteiger partial charge in [0.05, 0.1) is 22.5 Å². The highest BCUT2D eigenvalue weighted by Crippen LogP contribution is 2.31. The van der Waals surface area contributed by atoms with Crippen LogP contribution in [-0.2, 0) is 45.1 Å². The van der Waals surface area contributed by atoms with E-state index in [1.807, 2.05) is 21.9 Å². The Morgan fingerprint density at radius 2 is 1.09 bits per heavy atom. The Hall–Kier alpha value is -3.84. The Balaban J connectivity index is 1.54. The molecule has 1 aromatic heterocycles. The van der Waals surface area contributed by atoms with Crippen molar-refractivity contribution in [2.24, 2.45) is 0 Å². The first-order chi connectivity index (χ1) is 22.4. The SMILES string of the molecule is OCCCNCCN(Cc1cccc(C(F)(F)F)c1)Cc1cccc(CN(Cc2cccc(F)c2)Cc2cccc(C(F)(F)F)c2)n1. The number of hydrogen-bond acceptors (Lipinski definition) is 5. The third-order valence-corrected chi connectivity index (χ3v) is 7.37. The van der Waals surface area contributed by atoms with Crippen LogP contribution in [0.1, 0.15) is 45.6 Å². The Bertz CT molecular complexity index is 1560. The van der Waals surface area contributed by atoms with Gasteiger partial charge in [0, 0.05) is 52.4 Å². The molecule has 47 heavy (non-hydrogen) atoms. The molecule has 12 heteroatoms. The van der Waals surface area contributed by atoms with Gasteiger partial charge in [-0.3, -0.25) is 14.8 Å². The summed E-state index contributed by atoms with van der Waals surface area (Å²) in [5.41, 5.74) is 1.39. The maximum atomic E-state index is 14.0. The fourth-order valence-corrected chi connectivity index (χ4v) is 5.21. The van der Waals surface area contributed by atoms with Crippen LogP contribution in [0.5, 0.6) is 0 Å². The van der Waals surface area contributed by atoms with E-state index in [1.165, 1.54) is 24.3 Å². The lowest BCUT2D eigenvalue weighted by Crippen LogP contribution is -2.32. The summed E-state index contributed by atoms with van der Waals surface area (Å²) in [7, 11) is 0. The lowest BCUT2D eigenvalue weighted by atomic mass is 10.1. The topological polar surface area (TPSA) is 51.6 Å². The van der Waals surface area contributed by atoms with Crippen LogP contribution < -0.4 is 5.32 Å². The third-order valence-electron chi connectivity index (χ3n) is 7.37. The normalized spacial score (nSPS) is 12.3. The summed E-state index contributed by atoms with van der Waals surface area (Å²) >= 11 is 0. The van der Waals surface area contributed by atoms with E-state index in [9.17, 15) is 30.7 Å². The molecule has 252 valence electrons. The van der Waals surface area contributed by atoms with Gasteiger partial charge in [-0.1, -0.05) is 54.6 Å². The highest BCUT2D eigenvalue weighted by molar-refractivity contribution is 5.27. The van der Waals surface area contributed by atoms with Crippen LogP contribution in [0.2, 0.25) is 0 Å². The standard InChI is InChI=1S/C35H37F7N4O/c36-31-11-3-8-28(20-31)23-46(22-27-7-2-10-30(19-27)35(40,41)42)25-33-13-4-12-32(44-33)24-45(16-15-43-14-5-17-47)21-26-6-1-9-29(18-26)34(37,38)39/h1-4,6-13,18-20,43,47H,5,14-17,21-25H2. The number of hydrogen-bond donors (Lipinski definition) is 2.